The number of hydrogen-bond acceptors (Lipinski definition) is 2. The number of nitrogens with zero attached hydrogens (tertiary/aromatic N) is 2. The monoisotopic (exact) mass is 324 g/mol. The highest BCUT2D eigenvalue weighted by atomic mass is 127. The number of allylic oxidation sites excluding steroid dienone is 1. The van der Waals surface area contributed by atoms with E-state index in [1.807, 2.05) is 28.7 Å². The molecule has 3 nitrogen and oxygen atoms in total. The lowest BCUT2D eigenvalue weighted by Gasteiger charge is -2.04. The maximum Gasteiger partial charge on any atom is 0.268 e. The summed E-state index contributed by atoms with van der Waals surface area (Å²) in [6, 6.07) is 0. The van der Waals surface area contributed by atoms with Crippen molar-refractivity contribution in [3.8, 4) is 0 Å². The number of halogens is 2. The summed E-state index contributed by atoms with van der Waals surface area (Å²) in [6.45, 7) is 4.28. The lowest BCUT2D eigenvalue weighted by Crippen LogP contribution is -2.23. The number of unbranched alkanes of at least 4 members (excludes halogenated alkanes) is 1. The van der Waals surface area contributed by atoms with E-state index in [9.17, 15) is 4.79 Å². The van der Waals surface area contributed by atoms with Crippen LogP contribution < -0.4 is 5.56 Å². The largest absolute Gasteiger partial charge is 0.298 e. The zero-order valence-electron chi connectivity index (χ0n) is 7.54. The molecule has 0 aromatic carbocycles. The van der Waals surface area contributed by atoms with Crippen LogP contribution in [0.25, 0.3) is 0 Å². The van der Waals surface area contributed by atoms with Gasteiger partial charge in [-0.3, -0.25) is 9.36 Å². The lowest BCUT2D eigenvalue weighted by molar-refractivity contribution is 0.615. The van der Waals surface area contributed by atoms with Crippen LogP contribution in [-0.2, 0) is 6.54 Å². The molecule has 76 valence electrons. The molecular formula is C9H10ClIN2O. The zero-order chi connectivity index (χ0) is 10.6. The van der Waals surface area contributed by atoms with Crippen LogP contribution in [-0.4, -0.2) is 9.55 Å². The third kappa shape index (κ3) is 2.81. The van der Waals surface area contributed by atoms with Gasteiger partial charge in [-0.15, -0.1) is 6.58 Å². The molecule has 0 aliphatic heterocycles. The molecule has 0 spiro atoms. The fourth-order valence-electron chi connectivity index (χ4n) is 1.01. The van der Waals surface area contributed by atoms with E-state index in [4.69, 9.17) is 11.6 Å². The van der Waals surface area contributed by atoms with Gasteiger partial charge < -0.3 is 0 Å². The van der Waals surface area contributed by atoms with Gasteiger partial charge in [0, 0.05) is 6.54 Å². The average molecular weight is 325 g/mol. The number of aromatic nitrogens is 2. The maximum absolute atomic E-state index is 11.6. The summed E-state index contributed by atoms with van der Waals surface area (Å²) >= 11 is 7.61. The number of hydrogen-bond donors (Lipinski definition) is 0. The first-order valence-electron chi connectivity index (χ1n) is 4.18. The third-order valence-corrected chi connectivity index (χ3v) is 3.33. The molecule has 0 fully saturated rings. The van der Waals surface area contributed by atoms with Gasteiger partial charge in [0.2, 0.25) is 0 Å². The summed E-state index contributed by atoms with van der Waals surface area (Å²) in [4.78, 5) is 15.5. The molecule has 1 aromatic rings. The molecule has 0 unspecified atom stereocenters. The molecule has 0 atom stereocenters. The smallest absolute Gasteiger partial charge is 0.268 e. The van der Waals surface area contributed by atoms with Gasteiger partial charge in [0.1, 0.15) is 8.72 Å². The van der Waals surface area contributed by atoms with Crippen LogP contribution in [0.5, 0.6) is 0 Å². The Morgan fingerprint density at radius 2 is 2.43 bits per heavy atom. The van der Waals surface area contributed by atoms with Crippen molar-refractivity contribution in [1.29, 1.82) is 0 Å². The second-order valence-electron chi connectivity index (χ2n) is 2.78. The van der Waals surface area contributed by atoms with E-state index in [0.29, 0.717) is 10.1 Å². The standard InChI is InChI=1S/C9H10ClIN2O/c1-2-3-4-5-13-6-12-8(10)7(11)9(13)14/h2,6H,1,3-5H2. The second kappa shape index (κ2) is 5.50. The first-order valence-corrected chi connectivity index (χ1v) is 5.64. The summed E-state index contributed by atoms with van der Waals surface area (Å²) in [5.74, 6) is 0. The molecule has 0 saturated heterocycles. The fraction of sp³-hybridized carbons (Fsp3) is 0.333. The Bertz CT molecular complexity index is 389. The quantitative estimate of drug-likeness (QED) is 0.369. The highest BCUT2D eigenvalue weighted by molar-refractivity contribution is 14.1. The van der Waals surface area contributed by atoms with Crippen molar-refractivity contribution in [2.45, 2.75) is 19.4 Å². The zero-order valence-corrected chi connectivity index (χ0v) is 10.5. The Balaban J connectivity index is 2.83. The minimum absolute atomic E-state index is 0.0744. The average Bonchev–Trinajstić information content (AvgIpc) is 2.18. The molecule has 5 heteroatoms. The molecule has 1 aromatic heterocycles. The van der Waals surface area contributed by atoms with Crippen LogP contribution >= 0.6 is 34.2 Å². The minimum Gasteiger partial charge on any atom is -0.298 e. The molecular weight excluding hydrogens is 314 g/mol. The Morgan fingerprint density at radius 1 is 1.71 bits per heavy atom. The Hall–Kier alpha value is -0.360. The van der Waals surface area contributed by atoms with E-state index in [1.165, 1.54) is 6.33 Å². The van der Waals surface area contributed by atoms with Gasteiger partial charge in [-0.1, -0.05) is 17.7 Å². The molecule has 0 N–H and O–H groups in total. The molecule has 0 saturated carbocycles. The molecule has 0 amide bonds. The van der Waals surface area contributed by atoms with Crippen molar-refractivity contribution in [2.24, 2.45) is 0 Å². The summed E-state index contributed by atoms with van der Waals surface area (Å²) in [5, 5.41) is 0.274. The van der Waals surface area contributed by atoms with E-state index >= 15 is 0 Å². The van der Waals surface area contributed by atoms with Gasteiger partial charge in [-0.25, -0.2) is 4.98 Å². The van der Waals surface area contributed by atoms with Crippen molar-refractivity contribution >= 4 is 34.2 Å². The molecule has 0 radical (unpaired) electrons. The Kier molecular flexibility index (Phi) is 4.60. The molecule has 14 heavy (non-hydrogen) atoms. The van der Waals surface area contributed by atoms with Gasteiger partial charge in [0.25, 0.3) is 5.56 Å². The normalized spacial score (nSPS) is 10.1. The van der Waals surface area contributed by atoms with Gasteiger partial charge in [-0.2, -0.15) is 0 Å². The fourth-order valence-corrected chi connectivity index (χ4v) is 1.58. The first-order chi connectivity index (χ1) is 6.66. The van der Waals surface area contributed by atoms with E-state index in [0.717, 1.165) is 12.8 Å². The Labute approximate surface area is 101 Å². The van der Waals surface area contributed by atoms with Gasteiger partial charge in [0.15, 0.2) is 0 Å². The van der Waals surface area contributed by atoms with Crippen LogP contribution in [0.15, 0.2) is 23.8 Å². The van der Waals surface area contributed by atoms with Gasteiger partial charge in [0.05, 0.1) is 6.33 Å². The molecule has 1 heterocycles. The summed E-state index contributed by atoms with van der Waals surface area (Å²) in [5.41, 5.74) is -0.0744. The topological polar surface area (TPSA) is 34.9 Å². The van der Waals surface area contributed by atoms with Crippen molar-refractivity contribution in [3.63, 3.8) is 0 Å². The van der Waals surface area contributed by atoms with Crippen LogP contribution in [0.3, 0.4) is 0 Å². The summed E-state index contributed by atoms with van der Waals surface area (Å²) in [6.07, 6.45) is 5.10. The summed E-state index contributed by atoms with van der Waals surface area (Å²) in [7, 11) is 0. The van der Waals surface area contributed by atoms with Crippen LogP contribution in [0, 0.1) is 3.57 Å². The van der Waals surface area contributed by atoms with E-state index in [1.54, 1.807) is 4.57 Å². The number of rotatable bonds is 4. The third-order valence-electron chi connectivity index (χ3n) is 1.75. The highest BCUT2D eigenvalue weighted by Crippen LogP contribution is 2.09. The number of aryl methyl sites for hydroxylation is 1. The van der Waals surface area contributed by atoms with Gasteiger partial charge >= 0.3 is 0 Å². The van der Waals surface area contributed by atoms with Crippen LogP contribution in [0.1, 0.15) is 12.8 Å². The predicted octanol–water partition coefficient (Wildman–Crippen LogP) is 2.47. The summed E-state index contributed by atoms with van der Waals surface area (Å²) < 4.78 is 2.04. The second-order valence-corrected chi connectivity index (χ2v) is 4.22. The SMILES string of the molecule is C=CCCCn1cnc(Cl)c(I)c1=O. The Morgan fingerprint density at radius 3 is 3.07 bits per heavy atom. The molecule has 0 aliphatic rings. The van der Waals surface area contributed by atoms with Crippen LogP contribution in [0.2, 0.25) is 5.15 Å². The first kappa shape index (κ1) is 11.7. The van der Waals surface area contributed by atoms with E-state index in [-0.39, 0.29) is 10.7 Å². The van der Waals surface area contributed by atoms with Crippen molar-refractivity contribution in [3.05, 3.63) is 38.1 Å². The van der Waals surface area contributed by atoms with E-state index < -0.39 is 0 Å². The van der Waals surface area contributed by atoms with Crippen molar-refractivity contribution < 1.29 is 0 Å². The van der Waals surface area contributed by atoms with Crippen molar-refractivity contribution in [1.82, 2.24) is 9.55 Å². The van der Waals surface area contributed by atoms with Gasteiger partial charge in [-0.05, 0) is 35.4 Å². The molecule has 1 rings (SSSR count). The molecule has 0 aliphatic carbocycles. The minimum atomic E-state index is -0.0744. The highest BCUT2D eigenvalue weighted by Gasteiger charge is 2.05. The van der Waals surface area contributed by atoms with Crippen LogP contribution in [0.4, 0.5) is 0 Å². The van der Waals surface area contributed by atoms with E-state index in [2.05, 4.69) is 11.6 Å². The van der Waals surface area contributed by atoms with Crippen molar-refractivity contribution in [2.75, 3.05) is 0 Å². The maximum atomic E-state index is 11.6. The molecule has 0 bridgehead atoms. The lowest BCUT2D eigenvalue weighted by atomic mass is 10.3. The predicted molar refractivity (Wildman–Crippen MR) is 65.7 cm³/mol.